The highest BCUT2D eigenvalue weighted by atomic mass is 35.5. The molecule has 2 heterocycles. The minimum Gasteiger partial charge on any atom is -0.467 e. The summed E-state index contributed by atoms with van der Waals surface area (Å²) in [5.41, 5.74) is -0.499. The van der Waals surface area contributed by atoms with Gasteiger partial charge in [0.1, 0.15) is 16.6 Å². The number of carbonyl (C=O) groups is 1. The van der Waals surface area contributed by atoms with Crippen LogP contribution in [0.25, 0.3) is 0 Å². The molecule has 1 saturated heterocycles. The number of anilines is 1. The second-order valence-electron chi connectivity index (χ2n) is 6.50. The zero-order valence-electron chi connectivity index (χ0n) is 14.2. The van der Waals surface area contributed by atoms with Crippen molar-refractivity contribution in [1.82, 2.24) is 14.9 Å². The molecule has 1 fully saturated rings. The van der Waals surface area contributed by atoms with Gasteiger partial charge >= 0.3 is 12.1 Å². The first kappa shape index (κ1) is 17.6. The van der Waals surface area contributed by atoms with Gasteiger partial charge in [0, 0.05) is 31.7 Å². The van der Waals surface area contributed by atoms with Crippen molar-refractivity contribution in [2.24, 2.45) is 0 Å². The smallest absolute Gasteiger partial charge is 0.410 e. The maximum atomic E-state index is 12.2. The normalized spacial score (nSPS) is 18.8. The molecule has 1 aliphatic heterocycles. The molecule has 0 bridgehead atoms. The topological polar surface area (TPSA) is 67.8 Å². The highest BCUT2D eigenvalue weighted by Gasteiger charge is 2.31. The summed E-state index contributed by atoms with van der Waals surface area (Å²) in [6.07, 6.45) is -0.289. The number of carbonyl (C=O) groups excluding carboxylic acids is 1. The molecule has 128 valence electrons. The number of aromatic nitrogens is 2. The van der Waals surface area contributed by atoms with E-state index in [1.165, 1.54) is 7.11 Å². The van der Waals surface area contributed by atoms with Crippen LogP contribution < -0.4 is 9.64 Å². The van der Waals surface area contributed by atoms with E-state index in [9.17, 15) is 4.79 Å². The van der Waals surface area contributed by atoms with Gasteiger partial charge in [0.25, 0.3) is 0 Å². The standard InChI is InChI=1S/C15H23ClN4O3/c1-10-9-19(12-8-11(16)17-13(18-12)22-5)6-7-20(10)14(21)23-15(2,3)4/h8,10H,6-7,9H2,1-5H3/t10-/m1/s1. The predicted molar refractivity (Wildman–Crippen MR) is 88.2 cm³/mol. The van der Waals surface area contributed by atoms with E-state index in [0.29, 0.717) is 30.6 Å². The van der Waals surface area contributed by atoms with Gasteiger partial charge in [0.2, 0.25) is 0 Å². The Balaban J connectivity index is 2.06. The Morgan fingerprint density at radius 3 is 2.61 bits per heavy atom. The van der Waals surface area contributed by atoms with Crippen LogP contribution in [0.2, 0.25) is 5.15 Å². The summed E-state index contributed by atoms with van der Waals surface area (Å²) in [5, 5.41) is 0.328. The van der Waals surface area contributed by atoms with Crippen LogP contribution in [0.15, 0.2) is 6.07 Å². The van der Waals surface area contributed by atoms with E-state index < -0.39 is 5.60 Å². The number of methoxy groups -OCH3 is 1. The monoisotopic (exact) mass is 342 g/mol. The summed E-state index contributed by atoms with van der Waals surface area (Å²) in [6, 6.07) is 1.92. The lowest BCUT2D eigenvalue weighted by atomic mass is 10.2. The summed E-state index contributed by atoms with van der Waals surface area (Å²) in [7, 11) is 1.50. The Morgan fingerprint density at radius 2 is 2.04 bits per heavy atom. The molecule has 1 aromatic rings. The highest BCUT2D eigenvalue weighted by molar-refractivity contribution is 6.29. The molecule has 1 aliphatic rings. The van der Waals surface area contributed by atoms with Crippen LogP contribution in [0.3, 0.4) is 0 Å². The zero-order valence-corrected chi connectivity index (χ0v) is 14.9. The number of amides is 1. The molecule has 1 aromatic heterocycles. The van der Waals surface area contributed by atoms with E-state index in [0.717, 1.165) is 0 Å². The van der Waals surface area contributed by atoms with Crippen molar-refractivity contribution in [1.29, 1.82) is 0 Å². The number of hydrogen-bond acceptors (Lipinski definition) is 6. The Bertz CT molecular complexity index is 576. The fourth-order valence-corrected chi connectivity index (χ4v) is 2.57. The summed E-state index contributed by atoms with van der Waals surface area (Å²) in [4.78, 5) is 24.3. The quantitative estimate of drug-likeness (QED) is 0.769. The lowest BCUT2D eigenvalue weighted by Gasteiger charge is -2.40. The molecule has 0 aliphatic carbocycles. The second kappa shape index (κ2) is 6.78. The fourth-order valence-electron chi connectivity index (χ4n) is 2.40. The maximum Gasteiger partial charge on any atom is 0.410 e. The van der Waals surface area contributed by atoms with Gasteiger partial charge in [-0.15, -0.1) is 0 Å². The maximum absolute atomic E-state index is 12.2. The zero-order chi connectivity index (χ0) is 17.2. The van der Waals surface area contributed by atoms with Crippen molar-refractivity contribution in [2.75, 3.05) is 31.6 Å². The van der Waals surface area contributed by atoms with E-state index in [1.54, 1.807) is 11.0 Å². The van der Waals surface area contributed by atoms with Crippen molar-refractivity contribution in [3.63, 3.8) is 0 Å². The molecule has 0 aromatic carbocycles. The molecule has 23 heavy (non-hydrogen) atoms. The van der Waals surface area contributed by atoms with Gasteiger partial charge < -0.3 is 19.3 Å². The van der Waals surface area contributed by atoms with Crippen LogP contribution in [-0.4, -0.2) is 59.3 Å². The van der Waals surface area contributed by atoms with Crippen molar-refractivity contribution >= 4 is 23.5 Å². The molecule has 7 nitrogen and oxygen atoms in total. The molecule has 0 N–H and O–H groups in total. The van der Waals surface area contributed by atoms with Crippen LogP contribution in [0.1, 0.15) is 27.7 Å². The number of piperazine rings is 1. The number of halogens is 1. The average molecular weight is 343 g/mol. The van der Waals surface area contributed by atoms with Gasteiger partial charge in [-0.3, -0.25) is 0 Å². The van der Waals surface area contributed by atoms with Gasteiger partial charge in [-0.05, 0) is 27.7 Å². The van der Waals surface area contributed by atoms with E-state index in [2.05, 4.69) is 14.9 Å². The van der Waals surface area contributed by atoms with Crippen molar-refractivity contribution in [3.05, 3.63) is 11.2 Å². The lowest BCUT2D eigenvalue weighted by molar-refractivity contribution is 0.0158. The summed E-state index contributed by atoms with van der Waals surface area (Å²) in [6.45, 7) is 9.40. The lowest BCUT2D eigenvalue weighted by Crippen LogP contribution is -2.55. The largest absolute Gasteiger partial charge is 0.467 e. The molecule has 8 heteroatoms. The first-order valence-corrected chi connectivity index (χ1v) is 7.90. The molecule has 1 amide bonds. The van der Waals surface area contributed by atoms with Gasteiger partial charge in [0.15, 0.2) is 0 Å². The number of ether oxygens (including phenoxy) is 2. The third-order valence-electron chi connectivity index (χ3n) is 3.42. The average Bonchev–Trinajstić information content (AvgIpc) is 2.44. The predicted octanol–water partition coefficient (Wildman–Crippen LogP) is 2.58. The van der Waals surface area contributed by atoms with E-state index in [4.69, 9.17) is 21.1 Å². The van der Waals surface area contributed by atoms with E-state index in [1.807, 2.05) is 27.7 Å². The third kappa shape index (κ3) is 4.60. The Kier molecular flexibility index (Phi) is 5.19. The Hall–Kier alpha value is -1.76. The summed E-state index contributed by atoms with van der Waals surface area (Å²) < 4.78 is 10.5. The summed E-state index contributed by atoms with van der Waals surface area (Å²) >= 11 is 5.99. The van der Waals surface area contributed by atoms with Gasteiger partial charge in [-0.1, -0.05) is 11.6 Å². The molecule has 0 radical (unpaired) electrons. The van der Waals surface area contributed by atoms with Crippen LogP contribution >= 0.6 is 11.6 Å². The number of rotatable bonds is 2. The molecule has 0 spiro atoms. The van der Waals surface area contributed by atoms with Crippen LogP contribution in [-0.2, 0) is 4.74 Å². The second-order valence-corrected chi connectivity index (χ2v) is 6.89. The van der Waals surface area contributed by atoms with E-state index in [-0.39, 0.29) is 18.1 Å². The first-order valence-electron chi connectivity index (χ1n) is 7.53. The Morgan fingerprint density at radius 1 is 1.35 bits per heavy atom. The first-order chi connectivity index (χ1) is 10.7. The number of nitrogens with zero attached hydrogens (tertiary/aromatic N) is 4. The minimum atomic E-state index is -0.499. The molecule has 1 atom stereocenters. The van der Waals surface area contributed by atoms with E-state index >= 15 is 0 Å². The van der Waals surface area contributed by atoms with Crippen molar-refractivity contribution in [3.8, 4) is 6.01 Å². The fraction of sp³-hybridized carbons (Fsp3) is 0.667. The minimum absolute atomic E-state index is 0.00154. The number of hydrogen-bond donors (Lipinski definition) is 0. The molecule has 0 saturated carbocycles. The molecular formula is C15H23ClN4O3. The van der Waals surface area contributed by atoms with Crippen molar-refractivity contribution in [2.45, 2.75) is 39.3 Å². The summed E-state index contributed by atoms with van der Waals surface area (Å²) in [5.74, 6) is 0.692. The van der Waals surface area contributed by atoms with Crippen LogP contribution in [0.5, 0.6) is 6.01 Å². The van der Waals surface area contributed by atoms with Crippen LogP contribution in [0, 0.1) is 0 Å². The third-order valence-corrected chi connectivity index (χ3v) is 3.62. The molecule has 2 rings (SSSR count). The SMILES string of the molecule is COc1nc(Cl)cc(N2CCN(C(=O)OC(C)(C)C)[C@H](C)C2)n1. The van der Waals surface area contributed by atoms with Gasteiger partial charge in [0.05, 0.1) is 7.11 Å². The van der Waals surface area contributed by atoms with Gasteiger partial charge in [-0.25, -0.2) is 4.79 Å². The van der Waals surface area contributed by atoms with Gasteiger partial charge in [-0.2, -0.15) is 9.97 Å². The van der Waals surface area contributed by atoms with Crippen LogP contribution in [0.4, 0.5) is 10.6 Å². The van der Waals surface area contributed by atoms with Crippen molar-refractivity contribution < 1.29 is 14.3 Å². The highest BCUT2D eigenvalue weighted by Crippen LogP contribution is 2.23. The molecule has 0 unspecified atom stereocenters. The molecular weight excluding hydrogens is 320 g/mol. The Labute approximate surface area is 141 Å².